The minimum absolute atomic E-state index is 0.311. The lowest BCUT2D eigenvalue weighted by Gasteiger charge is -2.07. The lowest BCUT2D eigenvalue weighted by Crippen LogP contribution is -2.08. The second kappa shape index (κ2) is 9.26. The van der Waals surface area contributed by atoms with Crippen molar-refractivity contribution in [1.82, 2.24) is 0 Å². The highest BCUT2D eigenvalue weighted by Gasteiger charge is 2.07. The Morgan fingerprint density at radius 2 is 1.56 bits per heavy atom. The molecule has 1 N–H and O–H groups in total. The molecule has 1 amide bonds. The van der Waals surface area contributed by atoms with Gasteiger partial charge >= 0.3 is 0 Å². The standard InChI is InChI=1S/C22H17Cl2NO2/c23-19-7-4-8-20(24)22(19)25-21(26)14-11-16-9-12-18(13-10-16)27-15-17-5-2-1-3-6-17/h1-14H,15H2,(H,25,26)/b14-11+. The van der Waals surface area contributed by atoms with Gasteiger partial charge in [0.1, 0.15) is 12.4 Å². The molecule has 3 aromatic carbocycles. The number of hydrogen-bond acceptors (Lipinski definition) is 2. The van der Waals surface area contributed by atoms with Crippen molar-refractivity contribution in [2.24, 2.45) is 0 Å². The van der Waals surface area contributed by atoms with E-state index in [0.717, 1.165) is 16.9 Å². The molecular formula is C22H17Cl2NO2. The van der Waals surface area contributed by atoms with Gasteiger partial charge in [-0.2, -0.15) is 0 Å². The maximum absolute atomic E-state index is 12.1. The second-order valence-corrected chi connectivity index (χ2v) is 6.58. The Morgan fingerprint density at radius 3 is 2.22 bits per heavy atom. The zero-order valence-corrected chi connectivity index (χ0v) is 15.9. The molecule has 0 aromatic heterocycles. The summed E-state index contributed by atoms with van der Waals surface area (Å²) in [5, 5.41) is 3.47. The Morgan fingerprint density at radius 1 is 0.889 bits per heavy atom. The number of carbonyl (C=O) groups is 1. The van der Waals surface area contributed by atoms with Crippen molar-refractivity contribution in [3.05, 3.63) is 100 Å². The molecule has 5 heteroatoms. The summed E-state index contributed by atoms with van der Waals surface area (Å²) in [6.45, 7) is 0.511. The zero-order valence-electron chi connectivity index (χ0n) is 14.4. The van der Waals surface area contributed by atoms with E-state index in [2.05, 4.69) is 5.32 Å². The Balaban J connectivity index is 1.56. The van der Waals surface area contributed by atoms with E-state index in [-0.39, 0.29) is 5.91 Å². The van der Waals surface area contributed by atoms with Gasteiger partial charge in [-0.1, -0.05) is 71.7 Å². The minimum atomic E-state index is -0.311. The molecule has 0 radical (unpaired) electrons. The van der Waals surface area contributed by atoms with Crippen molar-refractivity contribution in [3.8, 4) is 5.75 Å². The Kier molecular flexibility index (Phi) is 6.53. The van der Waals surface area contributed by atoms with Gasteiger partial charge in [-0.05, 0) is 41.5 Å². The van der Waals surface area contributed by atoms with Crippen LogP contribution in [0.4, 0.5) is 5.69 Å². The molecule has 0 heterocycles. The van der Waals surface area contributed by atoms with Gasteiger partial charge in [0.25, 0.3) is 0 Å². The number of rotatable bonds is 6. The monoisotopic (exact) mass is 397 g/mol. The predicted molar refractivity (Wildman–Crippen MR) is 111 cm³/mol. The lowest BCUT2D eigenvalue weighted by atomic mass is 10.2. The number of nitrogens with one attached hydrogen (secondary N) is 1. The summed E-state index contributed by atoms with van der Waals surface area (Å²) in [5.41, 5.74) is 2.39. The van der Waals surface area contributed by atoms with Crippen LogP contribution in [0.2, 0.25) is 10.0 Å². The van der Waals surface area contributed by atoms with Crippen LogP contribution in [0, 0.1) is 0 Å². The Hall–Kier alpha value is -2.75. The van der Waals surface area contributed by atoms with Gasteiger partial charge in [0.05, 0.1) is 15.7 Å². The molecule has 0 fully saturated rings. The maximum atomic E-state index is 12.1. The highest BCUT2D eigenvalue weighted by molar-refractivity contribution is 6.39. The number of para-hydroxylation sites is 1. The van der Waals surface area contributed by atoms with Crippen LogP contribution in [0.25, 0.3) is 6.08 Å². The van der Waals surface area contributed by atoms with E-state index in [1.807, 2.05) is 54.6 Å². The molecule has 0 aliphatic rings. The van der Waals surface area contributed by atoms with E-state index in [9.17, 15) is 4.79 Å². The van der Waals surface area contributed by atoms with E-state index < -0.39 is 0 Å². The summed E-state index contributed by atoms with van der Waals surface area (Å²) in [4.78, 5) is 12.1. The summed E-state index contributed by atoms with van der Waals surface area (Å²) < 4.78 is 5.75. The van der Waals surface area contributed by atoms with Crippen LogP contribution in [-0.4, -0.2) is 5.91 Å². The second-order valence-electron chi connectivity index (χ2n) is 5.76. The van der Waals surface area contributed by atoms with Crippen molar-refractivity contribution < 1.29 is 9.53 Å². The molecule has 3 nitrogen and oxygen atoms in total. The van der Waals surface area contributed by atoms with Crippen molar-refractivity contribution in [1.29, 1.82) is 0 Å². The van der Waals surface area contributed by atoms with E-state index >= 15 is 0 Å². The lowest BCUT2D eigenvalue weighted by molar-refractivity contribution is -0.111. The minimum Gasteiger partial charge on any atom is -0.489 e. The zero-order chi connectivity index (χ0) is 19.1. The third-order valence-electron chi connectivity index (χ3n) is 3.77. The molecule has 3 aromatic rings. The summed E-state index contributed by atoms with van der Waals surface area (Å²) >= 11 is 12.1. The highest BCUT2D eigenvalue weighted by Crippen LogP contribution is 2.29. The number of hydrogen-bond donors (Lipinski definition) is 1. The number of halogens is 2. The topological polar surface area (TPSA) is 38.3 Å². The number of amides is 1. The van der Waals surface area contributed by atoms with Crippen LogP contribution in [0.5, 0.6) is 5.75 Å². The number of ether oxygens (including phenoxy) is 1. The van der Waals surface area contributed by atoms with Crippen molar-refractivity contribution in [2.45, 2.75) is 6.61 Å². The van der Waals surface area contributed by atoms with Crippen LogP contribution >= 0.6 is 23.2 Å². The van der Waals surface area contributed by atoms with Crippen LogP contribution < -0.4 is 10.1 Å². The van der Waals surface area contributed by atoms with E-state index in [0.29, 0.717) is 22.3 Å². The van der Waals surface area contributed by atoms with Crippen molar-refractivity contribution in [2.75, 3.05) is 5.32 Å². The maximum Gasteiger partial charge on any atom is 0.248 e. The third kappa shape index (κ3) is 5.61. The summed E-state index contributed by atoms with van der Waals surface area (Å²) in [6, 6.07) is 22.5. The quantitative estimate of drug-likeness (QED) is 0.501. The first-order chi connectivity index (χ1) is 13.1. The number of anilines is 1. The van der Waals surface area contributed by atoms with Gasteiger partial charge in [-0.15, -0.1) is 0 Å². The molecule has 0 saturated carbocycles. The summed E-state index contributed by atoms with van der Waals surface area (Å²) in [6.07, 6.45) is 3.14. The first-order valence-electron chi connectivity index (χ1n) is 8.32. The largest absolute Gasteiger partial charge is 0.489 e. The van der Waals surface area contributed by atoms with Gasteiger partial charge < -0.3 is 10.1 Å². The van der Waals surface area contributed by atoms with Crippen molar-refractivity contribution >= 4 is 40.9 Å². The number of carbonyl (C=O) groups excluding carboxylic acids is 1. The number of benzene rings is 3. The molecule has 0 bridgehead atoms. The van der Waals surface area contributed by atoms with E-state index in [1.165, 1.54) is 6.08 Å². The fraction of sp³-hybridized carbons (Fsp3) is 0.0455. The predicted octanol–water partition coefficient (Wildman–Crippen LogP) is 6.22. The molecular weight excluding hydrogens is 381 g/mol. The first-order valence-corrected chi connectivity index (χ1v) is 9.07. The van der Waals surface area contributed by atoms with E-state index in [1.54, 1.807) is 24.3 Å². The normalized spacial score (nSPS) is 10.7. The smallest absolute Gasteiger partial charge is 0.248 e. The Labute approximate surface area is 168 Å². The molecule has 0 spiro atoms. The van der Waals surface area contributed by atoms with Crippen LogP contribution in [0.15, 0.2) is 78.9 Å². The molecule has 27 heavy (non-hydrogen) atoms. The highest BCUT2D eigenvalue weighted by atomic mass is 35.5. The van der Waals surface area contributed by atoms with Gasteiger partial charge in [-0.3, -0.25) is 4.79 Å². The molecule has 0 unspecified atom stereocenters. The molecule has 136 valence electrons. The fourth-order valence-electron chi connectivity index (χ4n) is 2.37. The molecule has 0 saturated heterocycles. The molecule has 0 aliphatic heterocycles. The van der Waals surface area contributed by atoms with E-state index in [4.69, 9.17) is 27.9 Å². The molecule has 3 rings (SSSR count). The van der Waals surface area contributed by atoms with Gasteiger partial charge in [0, 0.05) is 6.08 Å². The third-order valence-corrected chi connectivity index (χ3v) is 4.40. The van der Waals surface area contributed by atoms with Gasteiger partial charge in [0.15, 0.2) is 0 Å². The fourth-order valence-corrected chi connectivity index (χ4v) is 2.86. The van der Waals surface area contributed by atoms with Crippen LogP contribution in [-0.2, 0) is 11.4 Å². The van der Waals surface area contributed by atoms with Gasteiger partial charge in [-0.25, -0.2) is 0 Å². The average molecular weight is 398 g/mol. The van der Waals surface area contributed by atoms with Crippen molar-refractivity contribution in [3.63, 3.8) is 0 Å². The summed E-state index contributed by atoms with van der Waals surface area (Å²) in [7, 11) is 0. The van der Waals surface area contributed by atoms with Crippen LogP contribution in [0.3, 0.4) is 0 Å². The SMILES string of the molecule is O=C(/C=C/c1ccc(OCc2ccccc2)cc1)Nc1c(Cl)cccc1Cl. The Bertz CT molecular complexity index is 918. The summed E-state index contributed by atoms with van der Waals surface area (Å²) in [5.74, 6) is 0.456. The molecule has 0 aliphatic carbocycles. The average Bonchev–Trinajstić information content (AvgIpc) is 2.69. The van der Waals surface area contributed by atoms with Crippen LogP contribution in [0.1, 0.15) is 11.1 Å². The molecule has 0 atom stereocenters. The first kappa shape index (κ1) is 19.0. The van der Waals surface area contributed by atoms with Gasteiger partial charge in [0.2, 0.25) is 5.91 Å².